The minimum atomic E-state index is -0.0163. The lowest BCUT2D eigenvalue weighted by Gasteiger charge is -2.14. The van der Waals surface area contributed by atoms with Crippen molar-refractivity contribution < 1.29 is 4.74 Å². The minimum Gasteiger partial charge on any atom is -0.496 e. The van der Waals surface area contributed by atoms with Crippen LogP contribution in [0.3, 0.4) is 0 Å². The molecular weight excluding hydrogens is 355 g/mol. The molecule has 1 aromatic heterocycles. The van der Waals surface area contributed by atoms with Gasteiger partial charge in [-0.15, -0.1) is 11.3 Å². The molecule has 1 atom stereocenters. The second kappa shape index (κ2) is 5.83. The van der Waals surface area contributed by atoms with Crippen LogP contribution in [0.5, 0.6) is 5.75 Å². The van der Waals surface area contributed by atoms with Crippen molar-refractivity contribution in [3.05, 3.63) is 49.6 Å². The Morgan fingerprint density at radius 2 is 2.06 bits per heavy atom. The van der Waals surface area contributed by atoms with Crippen molar-refractivity contribution in [3.8, 4) is 5.75 Å². The van der Waals surface area contributed by atoms with E-state index in [4.69, 9.17) is 27.9 Å². The van der Waals surface area contributed by atoms with Gasteiger partial charge in [0.15, 0.2) is 0 Å². The molecule has 0 aliphatic carbocycles. The summed E-state index contributed by atoms with van der Waals surface area (Å²) in [5, 5.41) is 3.52. The first-order valence-corrected chi connectivity index (χ1v) is 7.80. The van der Waals surface area contributed by atoms with Crippen LogP contribution in [0.15, 0.2) is 23.6 Å². The molecule has 2 rings (SSSR count). The Hall–Kier alpha value is -0.220. The van der Waals surface area contributed by atoms with Crippen LogP contribution in [0.2, 0.25) is 10.0 Å². The van der Waals surface area contributed by atoms with Crippen molar-refractivity contribution in [2.24, 2.45) is 0 Å². The quantitative estimate of drug-likeness (QED) is 0.619. The number of halogens is 3. The van der Waals surface area contributed by atoms with E-state index in [9.17, 15) is 0 Å². The van der Waals surface area contributed by atoms with Crippen LogP contribution >= 0.6 is 50.5 Å². The topological polar surface area (TPSA) is 9.23 Å². The summed E-state index contributed by atoms with van der Waals surface area (Å²) >= 11 is 17.6. The van der Waals surface area contributed by atoms with Gasteiger partial charge in [0, 0.05) is 15.5 Å². The molecule has 2 aromatic rings. The summed E-state index contributed by atoms with van der Waals surface area (Å²) in [4.78, 5) is 1.05. The third-order valence-corrected chi connectivity index (χ3v) is 5.89. The summed E-state index contributed by atoms with van der Waals surface area (Å²) in [5.41, 5.74) is 2.07. The third kappa shape index (κ3) is 2.69. The summed E-state index contributed by atoms with van der Waals surface area (Å²) in [6, 6.07) is 5.57. The van der Waals surface area contributed by atoms with Crippen LogP contribution < -0.4 is 4.74 Å². The number of alkyl halides is 1. The van der Waals surface area contributed by atoms with E-state index >= 15 is 0 Å². The average Bonchev–Trinajstić information content (AvgIpc) is 2.69. The van der Waals surface area contributed by atoms with E-state index in [0.29, 0.717) is 5.02 Å². The Morgan fingerprint density at radius 3 is 2.61 bits per heavy atom. The summed E-state index contributed by atoms with van der Waals surface area (Å²) in [5.74, 6) is 0.795. The molecule has 0 N–H and O–H groups in total. The lowest BCUT2D eigenvalue weighted by molar-refractivity contribution is 0.410. The van der Waals surface area contributed by atoms with Gasteiger partial charge in [0.25, 0.3) is 0 Å². The Kier molecular flexibility index (Phi) is 4.59. The van der Waals surface area contributed by atoms with Crippen LogP contribution in [-0.2, 0) is 0 Å². The fourth-order valence-electron chi connectivity index (χ4n) is 1.67. The van der Waals surface area contributed by atoms with Gasteiger partial charge in [-0.3, -0.25) is 0 Å². The highest BCUT2D eigenvalue weighted by Crippen LogP contribution is 2.44. The Morgan fingerprint density at radius 1 is 1.33 bits per heavy atom. The van der Waals surface area contributed by atoms with Gasteiger partial charge in [-0.05, 0) is 36.1 Å². The molecule has 0 fully saturated rings. The summed E-state index contributed by atoms with van der Waals surface area (Å²) in [6.45, 7) is 2.00. The van der Waals surface area contributed by atoms with E-state index in [1.165, 1.54) is 0 Å². The third-order valence-electron chi connectivity index (χ3n) is 2.62. The van der Waals surface area contributed by atoms with Crippen molar-refractivity contribution >= 4 is 50.5 Å². The zero-order chi connectivity index (χ0) is 13.3. The Labute approximate surface area is 129 Å². The second-order valence-corrected chi connectivity index (χ2v) is 6.49. The number of methoxy groups -OCH3 is 1. The molecule has 1 heterocycles. The summed E-state index contributed by atoms with van der Waals surface area (Å²) in [7, 11) is 1.65. The highest BCUT2D eigenvalue weighted by atomic mass is 79.9. The van der Waals surface area contributed by atoms with Crippen LogP contribution in [0.1, 0.15) is 20.8 Å². The zero-order valence-electron chi connectivity index (χ0n) is 9.84. The largest absolute Gasteiger partial charge is 0.496 e. The molecule has 0 aliphatic heterocycles. The van der Waals surface area contributed by atoms with Crippen molar-refractivity contribution in [1.82, 2.24) is 0 Å². The fourth-order valence-corrected chi connectivity index (χ4v) is 4.18. The van der Waals surface area contributed by atoms with Gasteiger partial charge in [0.1, 0.15) is 5.75 Å². The zero-order valence-corrected chi connectivity index (χ0v) is 13.8. The number of thiophene rings is 1. The maximum atomic E-state index is 6.30. The number of hydrogen-bond donors (Lipinski definition) is 0. The number of benzene rings is 1. The SMILES string of the molecule is COc1ccc(Cl)cc1C(Br)c1scc(C)c1Cl. The van der Waals surface area contributed by atoms with Crippen molar-refractivity contribution in [3.63, 3.8) is 0 Å². The lowest BCUT2D eigenvalue weighted by Crippen LogP contribution is -1.96. The van der Waals surface area contributed by atoms with E-state index in [1.807, 2.05) is 30.5 Å². The molecule has 96 valence electrons. The molecular formula is C13H11BrCl2OS. The molecule has 0 saturated heterocycles. The second-order valence-electron chi connectivity index (χ2n) is 3.85. The van der Waals surface area contributed by atoms with Crippen molar-refractivity contribution in [2.45, 2.75) is 11.8 Å². The van der Waals surface area contributed by atoms with Gasteiger partial charge in [-0.25, -0.2) is 0 Å². The molecule has 0 spiro atoms. The molecule has 1 nitrogen and oxygen atoms in total. The minimum absolute atomic E-state index is 0.0163. The van der Waals surface area contributed by atoms with Crippen LogP contribution in [-0.4, -0.2) is 7.11 Å². The predicted octanol–water partition coefficient (Wildman–Crippen LogP) is 5.86. The molecule has 1 aromatic carbocycles. The maximum absolute atomic E-state index is 6.30. The molecule has 0 amide bonds. The Bertz CT molecular complexity index is 568. The van der Waals surface area contributed by atoms with Gasteiger partial charge in [0.2, 0.25) is 0 Å². The van der Waals surface area contributed by atoms with Gasteiger partial charge in [0.05, 0.1) is 17.0 Å². The molecule has 1 unspecified atom stereocenters. The molecule has 18 heavy (non-hydrogen) atoms. The van der Waals surface area contributed by atoms with Gasteiger partial charge in [-0.1, -0.05) is 39.1 Å². The number of ether oxygens (including phenoxy) is 1. The first-order chi connectivity index (χ1) is 8.54. The smallest absolute Gasteiger partial charge is 0.123 e. The van der Waals surface area contributed by atoms with E-state index in [0.717, 1.165) is 26.8 Å². The number of aryl methyl sites for hydroxylation is 1. The van der Waals surface area contributed by atoms with Crippen molar-refractivity contribution in [2.75, 3.05) is 7.11 Å². The highest BCUT2D eigenvalue weighted by molar-refractivity contribution is 9.09. The predicted molar refractivity (Wildman–Crippen MR) is 82.8 cm³/mol. The van der Waals surface area contributed by atoms with E-state index in [-0.39, 0.29) is 4.83 Å². The average molecular weight is 366 g/mol. The van der Waals surface area contributed by atoms with Crippen LogP contribution in [0.4, 0.5) is 0 Å². The molecule has 0 radical (unpaired) electrons. The molecule has 0 aliphatic rings. The van der Waals surface area contributed by atoms with Crippen LogP contribution in [0.25, 0.3) is 0 Å². The van der Waals surface area contributed by atoms with Gasteiger partial charge < -0.3 is 4.74 Å². The standard InChI is InChI=1S/C13H11BrCl2OS/c1-7-6-18-13(12(7)16)11(14)9-5-8(15)3-4-10(9)17-2/h3-6,11H,1-2H3. The normalized spacial score (nSPS) is 12.5. The first kappa shape index (κ1) is 14.2. The molecule has 0 saturated carbocycles. The van der Waals surface area contributed by atoms with Crippen LogP contribution in [0, 0.1) is 6.92 Å². The lowest BCUT2D eigenvalue weighted by atomic mass is 10.1. The number of hydrogen-bond acceptors (Lipinski definition) is 2. The first-order valence-electron chi connectivity index (χ1n) is 5.25. The molecule has 0 bridgehead atoms. The highest BCUT2D eigenvalue weighted by Gasteiger charge is 2.20. The maximum Gasteiger partial charge on any atom is 0.123 e. The number of rotatable bonds is 3. The fraction of sp³-hybridized carbons (Fsp3) is 0.231. The monoisotopic (exact) mass is 364 g/mol. The van der Waals surface area contributed by atoms with Gasteiger partial charge >= 0.3 is 0 Å². The van der Waals surface area contributed by atoms with E-state index < -0.39 is 0 Å². The van der Waals surface area contributed by atoms with Gasteiger partial charge in [-0.2, -0.15) is 0 Å². The van der Waals surface area contributed by atoms with E-state index in [2.05, 4.69) is 15.9 Å². The Balaban J connectivity index is 2.48. The van der Waals surface area contributed by atoms with Crippen molar-refractivity contribution in [1.29, 1.82) is 0 Å². The molecule has 5 heteroatoms. The summed E-state index contributed by atoms with van der Waals surface area (Å²) < 4.78 is 5.36. The van der Waals surface area contributed by atoms with E-state index in [1.54, 1.807) is 18.4 Å². The summed E-state index contributed by atoms with van der Waals surface area (Å²) in [6.07, 6.45) is 0.